The summed E-state index contributed by atoms with van der Waals surface area (Å²) in [6.45, 7) is 0.622. The van der Waals surface area contributed by atoms with Crippen LogP contribution in [0.15, 0.2) is 61.1 Å². The van der Waals surface area contributed by atoms with E-state index >= 15 is 0 Å². The lowest BCUT2D eigenvalue weighted by molar-refractivity contribution is -0.192. The van der Waals surface area contributed by atoms with Crippen molar-refractivity contribution in [3.8, 4) is 11.3 Å². The van der Waals surface area contributed by atoms with Crippen LogP contribution in [-0.2, 0) is 11.3 Å². The number of carbonyl (C=O) groups is 2. The van der Waals surface area contributed by atoms with Crippen LogP contribution in [0, 0.1) is 0 Å². The second-order valence-corrected chi connectivity index (χ2v) is 8.97. The Bertz CT molecular complexity index is 1370. The van der Waals surface area contributed by atoms with Gasteiger partial charge in [-0.25, -0.2) is 14.6 Å². The molecule has 7 nitrogen and oxygen atoms in total. The van der Waals surface area contributed by atoms with Crippen molar-refractivity contribution in [3.05, 3.63) is 77.9 Å². The summed E-state index contributed by atoms with van der Waals surface area (Å²) in [5.41, 5.74) is 6.04. The first-order valence-electron chi connectivity index (χ1n) is 11.9. The number of carboxylic acid groups (broad SMARTS) is 2. The highest BCUT2D eigenvalue weighted by Gasteiger charge is 2.38. The van der Waals surface area contributed by atoms with E-state index in [2.05, 4.69) is 38.8 Å². The largest absolute Gasteiger partial charge is 0.490 e. The molecule has 1 aliphatic carbocycles. The fourth-order valence-corrected chi connectivity index (χ4v) is 4.93. The number of aliphatic carboxylic acids is 1. The second kappa shape index (κ2) is 10.9. The van der Waals surface area contributed by atoms with Gasteiger partial charge in [-0.1, -0.05) is 55.7 Å². The number of hydrogen-bond acceptors (Lipinski definition) is 3. The van der Waals surface area contributed by atoms with Crippen LogP contribution in [0.25, 0.3) is 22.2 Å². The predicted octanol–water partition coefficient (Wildman–Crippen LogP) is 6.46. The van der Waals surface area contributed by atoms with E-state index in [1.165, 1.54) is 54.3 Å². The van der Waals surface area contributed by atoms with E-state index in [0.717, 1.165) is 11.2 Å². The summed E-state index contributed by atoms with van der Waals surface area (Å²) in [6.07, 6.45) is 4.61. The first-order chi connectivity index (χ1) is 17.7. The Labute approximate surface area is 210 Å². The monoisotopic (exact) mass is 513 g/mol. The Kier molecular flexibility index (Phi) is 7.66. The number of hydrogen-bond donors (Lipinski definition) is 3. The van der Waals surface area contributed by atoms with Crippen molar-refractivity contribution in [3.63, 3.8) is 0 Å². The Morgan fingerprint density at radius 1 is 1.03 bits per heavy atom. The first kappa shape index (κ1) is 26.0. The van der Waals surface area contributed by atoms with Crippen molar-refractivity contribution in [2.45, 2.75) is 50.7 Å². The molecule has 2 aromatic carbocycles. The number of benzene rings is 2. The van der Waals surface area contributed by atoms with Crippen molar-refractivity contribution < 1.29 is 33.0 Å². The van der Waals surface area contributed by atoms with Crippen LogP contribution in [0.3, 0.4) is 0 Å². The van der Waals surface area contributed by atoms with Crippen LogP contribution in [0.5, 0.6) is 0 Å². The molecule has 0 bridgehead atoms. The number of carboxylic acids is 2. The Hall–Kier alpha value is -4.08. The lowest BCUT2D eigenvalue weighted by atomic mass is 9.82. The number of alkyl halides is 3. The van der Waals surface area contributed by atoms with Crippen molar-refractivity contribution in [2.75, 3.05) is 0 Å². The molecule has 1 aliphatic rings. The van der Waals surface area contributed by atoms with Crippen LogP contribution in [-0.4, -0.2) is 42.9 Å². The fourth-order valence-electron chi connectivity index (χ4n) is 4.93. The van der Waals surface area contributed by atoms with Gasteiger partial charge in [0.25, 0.3) is 0 Å². The van der Waals surface area contributed by atoms with Gasteiger partial charge >= 0.3 is 18.1 Å². The van der Waals surface area contributed by atoms with E-state index in [1.54, 1.807) is 12.4 Å². The molecule has 0 saturated heterocycles. The number of imidazole rings is 1. The molecule has 3 N–H and O–H groups in total. The number of nitrogens with zero attached hydrogens (tertiary/aromatic N) is 2. The minimum absolute atomic E-state index is 0.320. The summed E-state index contributed by atoms with van der Waals surface area (Å²) < 4.78 is 34.0. The molecule has 0 atom stereocenters. The number of halogens is 3. The number of nitrogens with one attached hydrogen (secondary N) is 1. The summed E-state index contributed by atoms with van der Waals surface area (Å²) in [7, 11) is 0. The third-order valence-corrected chi connectivity index (χ3v) is 6.54. The molecule has 0 amide bonds. The van der Waals surface area contributed by atoms with Gasteiger partial charge in [0.05, 0.1) is 35.3 Å². The van der Waals surface area contributed by atoms with E-state index in [1.807, 2.05) is 24.4 Å². The standard InChI is InChI=1S/C25H25N3O2.C2HF3O2/c29-25(30)19-11-12-21-22(13-19)28(15-20-14-26-16-27-20)24(18-9-5-2-6-10-18)23(21)17-7-3-1-4-8-17;3-2(4,5)1(6)7/h2,5-6,9-14,16-17H,1,3-4,7-8,15H2,(H,26,27)(H,29,30);(H,6,7). The minimum Gasteiger partial charge on any atom is -0.478 e. The molecule has 2 aromatic heterocycles. The summed E-state index contributed by atoms with van der Waals surface area (Å²) in [4.78, 5) is 28.0. The maximum absolute atomic E-state index is 11.7. The average molecular weight is 514 g/mol. The van der Waals surface area contributed by atoms with Crippen LogP contribution in [0.4, 0.5) is 13.2 Å². The number of aromatic nitrogens is 3. The highest BCUT2D eigenvalue weighted by atomic mass is 19.4. The predicted molar refractivity (Wildman–Crippen MR) is 132 cm³/mol. The molecule has 1 fully saturated rings. The molecule has 37 heavy (non-hydrogen) atoms. The molecule has 4 aromatic rings. The molecular weight excluding hydrogens is 487 g/mol. The second-order valence-electron chi connectivity index (χ2n) is 8.97. The summed E-state index contributed by atoms with van der Waals surface area (Å²) >= 11 is 0. The van der Waals surface area contributed by atoms with E-state index in [4.69, 9.17) is 9.90 Å². The van der Waals surface area contributed by atoms with E-state index in [0.29, 0.717) is 18.0 Å². The maximum atomic E-state index is 11.7. The molecule has 0 aliphatic heterocycles. The molecule has 10 heteroatoms. The Morgan fingerprint density at radius 2 is 1.70 bits per heavy atom. The van der Waals surface area contributed by atoms with Gasteiger partial charge < -0.3 is 19.8 Å². The zero-order valence-electron chi connectivity index (χ0n) is 19.8. The minimum atomic E-state index is -5.08. The molecular formula is C27H26F3N3O4. The molecule has 5 rings (SSSR count). The molecule has 194 valence electrons. The average Bonchev–Trinajstić information content (AvgIpc) is 3.51. The van der Waals surface area contributed by atoms with Gasteiger partial charge in [0.2, 0.25) is 0 Å². The summed E-state index contributed by atoms with van der Waals surface area (Å²) in [5.74, 6) is -3.16. The van der Waals surface area contributed by atoms with Gasteiger partial charge in [-0.2, -0.15) is 13.2 Å². The van der Waals surface area contributed by atoms with Crippen molar-refractivity contribution in [1.29, 1.82) is 0 Å². The summed E-state index contributed by atoms with van der Waals surface area (Å²) in [5, 5.41) is 17.9. The number of aromatic carboxylic acids is 1. The smallest absolute Gasteiger partial charge is 0.478 e. The van der Waals surface area contributed by atoms with Gasteiger partial charge in [0.15, 0.2) is 0 Å². The van der Waals surface area contributed by atoms with Gasteiger partial charge in [-0.15, -0.1) is 0 Å². The number of aromatic amines is 1. The molecule has 0 radical (unpaired) electrons. The van der Waals surface area contributed by atoms with Crippen molar-refractivity contribution in [2.24, 2.45) is 0 Å². The van der Waals surface area contributed by atoms with Gasteiger partial charge in [0, 0.05) is 11.6 Å². The molecule has 2 heterocycles. The molecule has 0 spiro atoms. The summed E-state index contributed by atoms with van der Waals surface area (Å²) in [6, 6.07) is 16.1. The van der Waals surface area contributed by atoms with Crippen LogP contribution < -0.4 is 0 Å². The van der Waals surface area contributed by atoms with Crippen molar-refractivity contribution >= 4 is 22.8 Å². The zero-order chi connectivity index (χ0) is 26.6. The zero-order valence-corrected chi connectivity index (χ0v) is 19.8. The molecule has 1 saturated carbocycles. The lowest BCUT2D eigenvalue weighted by Gasteiger charge is -2.23. The fraction of sp³-hybridized carbons (Fsp3) is 0.296. The normalized spacial score (nSPS) is 14.2. The maximum Gasteiger partial charge on any atom is 0.490 e. The highest BCUT2D eigenvalue weighted by molar-refractivity contribution is 5.98. The lowest BCUT2D eigenvalue weighted by Crippen LogP contribution is -2.21. The van der Waals surface area contributed by atoms with Crippen LogP contribution in [0.2, 0.25) is 0 Å². The van der Waals surface area contributed by atoms with Crippen LogP contribution >= 0.6 is 0 Å². The SMILES string of the molecule is O=C(O)C(F)(F)F.O=C(O)c1ccc2c(C3CCCCC3)c(-c3ccccc3)n(Cc3cnc[nH]3)c2c1. The van der Waals surface area contributed by atoms with Crippen LogP contribution in [0.1, 0.15) is 59.6 Å². The van der Waals surface area contributed by atoms with E-state index in [-0.39, 0.29) is 0 Å². The number of rotatable bonds is 5. The third-order valence-electron chi connectivity index (χ3n) is 6.54. The first-order valence-corrected chi connectivity index (χ1v) is 11.9. The Morgan fingerprint density at radius 3 is 2.27 bits per heavy atom. The van der Waals surface area contributed by atoms with Gasteiger partial charge in [-0.05, 0) is 42.0 Å². The molecule has 0 unspecified atom stereocenters. The number of H-pyrrole nitrogens is 1. The van der Waals surface area contributed by atoms with E-state index in [9.17, 15) is 23.1 Å². The third kappa shape index (κ3) is 5.84. The van der Waals surface area contributed by atoms with Crippen molar-refractivity contribution in [1.82, 2.24) is 14.5 Å². The number of fused-ring (bicyclic) bond motifs is 1. The van der Waals surface area contributed by atoms with Gasteiger partial charge in [0.1, 0.15) is 0 Å². The highest BCUT2D eigenvalue weighted by Crippen LogP contribution is 2.44. The topological polar surface area (TPSA) is 108 Å². The quantitative estimate of drug-likeness (QED) is 0.284. The van der Waals surface area contributed by atoms with Gasteiger partial charge in [-0.3, -0.25) is 0 Å². The Balaban J connectivity index is 0.000000405. The van der Waals surface area contributed by atoms with E-state index < -0.39 is 18.1 Å².